The van der Waals surface area contributed by atoms with E-state index in [-0.39, 0.29) is 18.0 Å². The van der Waals surface area contributed by atoms with Gasteiger partial charge in [-0.3, -0.25) is 14.9 Å². The third-order valence-corrected chi connectivity index (χ3v) is 4.30. The molecule has 4 rings (SSSR count). The van der Waals surface area contributed by atoms with Gasteiger partial charge >= 0.3 is 0 Å². The molecule has 1 aromatic heterocycles. The number of nitrogens with one attached hydrogen (secondary N) is 2. The van der Waals surface area contributed by atoms with Crippen LogP contribution in [0.3, 0.4) is 0 Å². The highest BCUT2D eigenvalue weighted by atomic mass is 19.1. The summed E-state index contributed by atoms with van der Waals surface area (Å²) in [4.78, 5) is 28.8. The minimum atomic E-state index is -0.835. The van der Waals surface area contributed by atoms with Crippen LogP contribution in [0.2, 0.25) is 0 Å². The summed E-state index contributed by atoms with van der Waals surface area (Å²) in [6, 6.07) is 12.7. The number of halogens is 1. The van der Waals surface area contributed by atoms with Gasteiger partial charge in [0.2, 0.25) is 11.9 Å². The first-order valence-corrected chi connectivity index (χ1v) is 8.40. The van der Waals surface area contributed by atoms with Crippen LogP contribution in [0, 0.1) is 12.7 Å². The number of rotatable bonds is 4. The third-order valence-electron chi connectivity index (χ3n) is 4.30. The molecule has 1 aliphatic rings. The number of hydrogen-bond acceptors (Lipinski definition) is 4. The van der Waals surface area contributed by atoms with Crippen LogP contribution in [0.5, 0.6) is 0 Å². The molecule has 136 valence electrons. The smallest absolute Gasteiger partial charge is 0.252 e. The largest absolute Gasteiger partial charge is 0.324 e. The molecule has 0 spiro atoms. The number of aromatic nitrogens is 3. The Balaban J connectivity index is 1.53. The first-order valence-electron chi connectivity index (χ1n) is 8.40. The number of anilines is 2. The van der Waals surface area contributed by atoms with Crippen molar-refractivity contribution in [3.63, 3.8) is 0 Å². The van der Waals surface area contributed by atoms with Crippen LogP contribution in [0.4, 0.5) is 16.0 Å². The fraction of sp³-hybridized carbons (Fsp3) is 0.158. The van der Waals surface area contributed by atoms with E-state index in [1.54, 1.807) is 6.07 Å². The molecular weight excluding hydrogens is 349 g/mol. The number of benzene rings is 2. The molecule has 1 aliphatic heterocycles. The van der Waals surface area contributed by atoms with E-state index >= 15 is 0 Å². The molecule has 0 radical (unpaired) electrons. The number of fused-ring (bicyclic) bond motifs is 1. The summed E-state index contributed by atoms with van der Waals surface area (Å²) in [5, 5.41) is 9.47. The topological polar surface area (TPSA) is 88.9 Å². The molecule has 27 heavy (non-hydrogen) atoms. The van der Waals surface area contributed by atoms with E-state index in [2.05, 4.69) is 20.7 Å². The average Bonchev–Trinajstić information content (AvgIpc) is 3.17. The van der Waals surface area contributed by atoms with Gasteiger partial charge in [-0.25, -0.2) is 9.07 Å². The van der Waals surface area contributed by atoms with Crippen molar-refractivity contribution in [3.05, 3.63) is 59.9 Å². The number of aryl methyl sites for hydroxylation is 1. The molecule has 0 bridgehead atoms. The van der Waals surface area contributed by atoms with Crippen LogP contribution >= 0.6 is 0 Å². The second kappa shape index (κ2) is 6.64. The third kappa shape index (κ3) is 3.29. The molecule has 3 aromatic rings. The number of carbonyl (C=O) groups excluding carboxylic acids is 2. The Hall–Kier alpha value is -3.55. The first kappa shape index (κ1) is 16.9. The molecule has 0 unspecified atom stereocenters. The predicted molar refractivity (Wildman–Crippen MR) is 97.5 cm³/mol. The van der Waals surface area contributed by atoms with E-state index in [1.165, 1.54) is 22.9 Å². The summed E-state index contributed by atoms with van der Waals surface area (Å²) in [6.45, 7) is 1.98. The lowest BCUT2D eigenvalue weighted by atomic mass is 10.1. The minimum absolute atomic E-state index is 0.0695. The van der Waals surface area contributed by atoms with Crippen molar-refractivity contribution in [2.75, 3.05) is 10.6 Å². The van der Waals surface area contributed by atoms with Gasteiger partial charge in [0.05, 0.1) is 12.1 Å². The summed E-state index contributed by atoms with van der Waals surface area (Å²) >= 11 is 0. The summed E-state index contributed by atoms with van der Waals surface area (Å²) in [7, 11) is 0. The van der Waals surface area contributed by atoms with Crippen LogP contribution in [0.25, 0.3) is 11.4 Å². The first-order chi connectivity index (χ1) is 13.0. The maximum atomic E-state index is 13.7. The van der Waals surface area contributed by atoms with Gasteiger partial charge in [-0.15, -0.1) is 5.10 Å². The standard InChI is InChI=1S/C19H16FN5O2/c1-11-6-8-12(9-7-11)17-22-19-23-18(27)15(25(19)24-17)10-16(26)21-14-5-3-2-4-13(14)20/h2-9,15H,10H2,1H3,(H,21,26)(H,22,23,24,27)/t15-/m0/s1. The molecule has 2 amide bonds. The highest BCUT2D eigenvalue weighted by Gasteiger charge is 2.35. The lowest BCUT2D eigenvalue weighted by Crippen LogP contribution is -2.24. The molecule has 2 heterocycles. The second-order valence-corrected chi connectivity index (χ2v) is 6.31. The number of para-hydroxylation sites is 1. The lowest BCUT2D eigenvalue weighted by Gasteiger charge is -2.10. The molecule has 7 nitrogen and oxygen atoms in total. The highest BCUT2D eigenvalue weighted by Crippen LogP contribution is 2.28. The SMILES string of the molecule is Cc1ccc(-c2nc3n(n2)[C@@H](CC(=O)Nc2ccccc2F)C(=O)N3)cc1. The van der Waals surface area contributed by atoms with Gasteiger partial charge < -0.3 is 5.32 Å². The fourth-order valence-electron chi connectivity index (χ4n) is 2.87. The second-order valence-electron chi connectivity index (χ2n) is 6.31. The van der Waals surface area contributed by atoms with Gasteiger partial charge in [-0.1, -0.05) is 42.0 Å². The van der Waals surface area contributed by atoms with E-state index < -0.39 is 17.8 Å². The van der Waals surface area contributed by atoms with E-state index in [0.29, 0.717) is 11.8 Å². The Labute approximate surface area is 154 Å². The van der Waals surface area contributed by atoms with E-state index in [1.807, 2.05) is 31.2 Å². The molecule has 0 aliphatic carbocycles. The number of nitrogens with zero attached hydrogens (tertiary/aromatic N) is 3. The molecule has 8 heteroatoms. The molecule has 2 N–H and O–H groups in total. The zero-order chi connectivity index (χ0) is 19.0. The van der Waals surface area contributed by atoms with Gasteiger partial charge in [-0.05, 0) is 19.1 Å². The van der Waals surface area contributed by atoms with E-state index in [4.69, 9.17) is 0 Å². The fourth-order valence-corrected chi connectivity index (χ4v) is 2.87. The number of hydrogen-bond donors (Lipinski definition) is 2. The molecule has 0 saturated carbocycles. The maximum absolute atomic E-state index is 13.7. The van der Waals surface area contributed by atoms with Crippen molar-refractivity contribution in [3.8, 4) is 11.4 Å². The number of carbonyl (C=O) groups is 2. The summed E-state index contributed by atoms with van der Waals surface area (Å²) in [5.74, 6) is -0.641. The van der Waals surface area contributed by atoms with Gasteiger partial charge in [0.15, 0.2) is 5.82 Å². The minimum Gasteiger partial charge on any atom is -0.324 e. The van der Waals surface area contributed by atoms with Crippen molar-refractivity contribution in [2.45, 2.75) is 19.4 Å². The van der Waals surface area contributed by atoms with Crippen LogP contribution in [-0.4, -0.2) is 26.6 Å². The average molecular weight is 365 g/mol. The summed E-state index contributed by atoms with van der Waals surface area (Å²) in [5.41, 5.74) is 1.99. The van der Waals surface area contributed by atoms with Crippen molar-refractivity contribution in [1.82, 2.24) is 14.8 Å². The number of amides is 2. The highest BCUT2D eigenvalue weighted by molar-refractivity contribution is 6.01. The van der Waals surface area contributed by atoms with Crippen LogP contribution in [0.15, 0.2) is 48.5 Å². The molecule has 0 fully saturated rings. The van der Waals surface area contributed by atoms with E-state index in [0.717, 1.165) is 11.1 Å². The summed E-state index contributed by atoms with van der Waals surface area (Å²) in [6.07, 6.45) is -0.177. The molecule has 1 atom stereocenters. The Morgan fingerprint density at radius 1 is 1.22 bits per heavy atom. The van der Waals surface area contributed by atoms with Crippen LogP contribution in [-0.2, 0) is 9.59 Å². The van der Waals surface area contributed by atoms with Gasteiger partial charge in [0, 0.05) is 5.56 Å². The lowest BCUT2D eigenvalue weighted by molar-refractivity contribution is -0.123. The predicted octanol–water partition coefficient (Wildman–Crippen LogP) is 2.91. The van der Waals surface area contributed by atoms with Gasteiger partial charge in [0.1, 0.15) is 11.9 Å². The molecular formula is C19H16FN5O2. The van der Waals surface area contributed by atoms with Gasteiger partial charge in [0.25, 0.3) is 5.91 Å². The Bertz CT molecular complexity index is 1030. The molecule has 2 aromatic carbocycles. The van der Waals surface area contributed by atoms with Crippen LogP contribution < -0.4 is 10.6 Å². The Morgan fingerprint density at radius 2 is 1.96 bits per heavy atom. The van der Waals surface area contributed by atoms with Crippen molar-refractivity contribution in [2.24, 2.45) is 0 Å². The Kier molecular flexibility index (Phi) is 4.15. The van der Waals surface area contributed by atoms with Crippen molar-refractivity contribution in [1.29, 1.82) is 0 Å². The zero-order valence-corrected chi connectivity index (χ0v) is 14.4. The van der Waals surface area contributed by atoms with Crippen molar-refractivity contribution >= 4 is 23.5 Å². The molecule has 0 saturated heterocycles. The maximum Gasteiger partial charge on any atom is 0.252 e. The quantitative estimate of drug-likeness (QED) is 0.744. The van der Waals surface area contributed by atoms with Crippen LogP contribution in [0.1, 0.15) is 18.0 Å². The van der Waals surface area contributed by atoms with Crippen molar-refractivity contribution < 1.29 is 14.0 Å². The monoisotopic (exact) mass is 365 g/mol. The van der Waals surface area contributed by atoms with Gasteiger partial charge in [-0.2, -0.15) is 4.98 Å². The zero-order valence-electron chi connectivity index (χ0n) is 14.4. The van der Waals surface area contributed by atoms with E-state index in [9.17, 15) is 14.0 Å². The normalized spacial score (nSPS) is 15.3. The Morgan fingerprint density at radius 3 is 2.70 bits per heavy atom. The summed E-state index contributed by atoms with van der Waals surface area (Å²) < 4.78 is 15.1.